The molecule has 0 aliphatic carbocycles. The number of nitrogens with zero attached hydrogens (tertiary/aromatic N) is 1. The molecule has 174 valence electrons. The number of fused-ring (bicyclic) bond motifs is 1. The van der Waals surface area contributed by atoms with Crippen LogP contribution < -0.4 is 4.74 Å². The van der Waals surface area contributed by atoms with Crippen molar-refractivity contribution in [2.45, 2.75) is 13.0 Å². The standard InChI is InChI=1S/C29H22ClNO3S/c30-23-13-10-21(11-14-23)19-34-26-15-12-22-8-4-5-9-24(22)25(26)18-27-28(32)31(29(33)35-27)17-16-20-6-2-1-3-7-20/h1-15,18H,16-17,19H2/b27-18+. The highest BCUT2D eigenvalue weighted by Gasteiger charge is 2.35. The van der Waals surface area contributed by atoms with Crippen LogP contribution in [0.1, 0.15) is 16.7 Å². The monoisotopic (exact) mass is 499 g/mol. The van der Waals surface area contributed by atoms with Gasteiger partial charge in [0.2, 0.25) is 0 Å². The molecule has 0 aromatic heterocycles. The Morgan fingerprint density at radius 1 is 0.829 bits per heavy atom. The number of thioether (sulfide) groups is 1. The van der Waals surface area contributed by atoms with Crippen LogP contribution in [0.3, 0.4) is 0 Å². The molecule has 5 rings (SSSR count). The summed E-state index contributed by atoms with van der Waals surface area (Å²) in [5.74, 6) is 0.377. The lowest BCUT2D eigenvalue weighted by molar-refractivity contribution is -0.122. The minimum atomic E-state index is -0.271. The summed E-state index contributed by atoms with van der Waals surface area (Å²) in [7, 11) is 0. The van der Waals surface area contributed by atoms with Gasteiger partial charge in [0.25, 0.3) is 11.1 Å². The van der Waals surface area contributed by atoms with Crippen LogP contribution in [-0.2, 0) is 17.8 Å². The van der Waals surface area contributed by atoms with E-state index in [-0.39, 0.29) is 11.1 Å². The molecule has 6 heteroatoms. The Balaban J connectivity index is 1.43. The van der Waals surface area contributed by atoms with Crippen LogP contribution in [0.4, 0.5) is 4.79 Å². The Bertz CT molecular complexity index is 1420. The normalized spacial score (nSPS) is 14.8. The summed E-state index contributed by atoms with van der Waals surface area (Å²) in [5.41, 5.74) is 2.85. The van der Waals surface area contributed by atoms with Crippen LogP contribution in [0.25, 0.3) is 16.8 Å². The number of ether oxygens (including phenoxy) is 1. The summed E-state index contributed by atoms with van der Waals surface area (Å²) in [6, 6.07) is 29.2. The van der Waals surface area contributed by atoms with E-state index >= 15 is 0 Å². The van der Waals surface area contributed by atoms with Crippen molar-refractivity contribution in [3.63, 3.8) is 0 Å². The van der Waals surface area contributed by atoms with Crippen molar-refractivity contribution in [1.82, 2.24) is 4.90 Å². The summed E-state index contributed by atoms with van der Waals surface area (Å²) in [4.78, 5) is 27.6. The summed E-state index contributed by atoms with van der Waals surface area (Å²) in [5, 5.41) is 2.40. The number of rotatable bonds is 7. The molecule has 0 unspecified atom stereocenters. The van der Waals surface area contributed by atoms with Gasteiger partial charge in [-0.25, -0.2) is 0 Å². The van der Waals surface area contributed by atoms with E-state index in [2.05, 4.69) is 0 Å². The zero-order valence-corrected chi connectivity index (χ0v) is 20.4. The molecule has 4 aromatic rings. The second-order valence-corrected chi connectivity index (χ2v) is 9.61. The molecule has 1 fully saturated rings. The number of carbonyl (C=O) groups is 2. The predicted molar refractivity (Wildman–Crippen MR) is 143 cm³/mol. The van der Waals surface area contributed by atoms with Gasteiger partial charge in [-0.1, -0.05) is 84.4 Å². The molecule has 0 saturated carbocycles. The first-order valence-corrected chi connectivity index (χ1v) is 12.5. The van der Waals surface area contributed by atoms with E-state index in [9.17, 15) is 9.59 Å². The minimum absolute atomic E-state index is 0.249. The van der Waals surface area contributed by atoms with Crippen molar-refractivity contribution >= 4 is 51.4 Å². The number of carbonyl (C=O) groups excluding carboxylic acids is 2. The molecular formula is C29H22ClNO3S. The fourth-order valence-electron chi connectivity index (χ4n) is 4.00. The van der Waals surface area contributed by atoms with Gasteiger partial charge in [-0.2, -0.15) is 0 Å². The van der Waals surface area contributed by atoms with E-state index in [1.54, 1.807) is 6.08 Å². The van der Waals surface area contributed by atoms with Crippen LogP contribution in [-0.4, -0.2) is 22.6 Å². The number of imide groups is 1. The lowest BCUT2D eigenvalue weighted by atomic mass is 10.0. The van der Waals surface area contributed by atoms with Gasteiger partial charge in [0, 0.05) is 17.1 Å². The molecule has 4 aromatic carbocycles. The molecule has 0 N–H and O–H groups in total. The lowest BCUT2D eigenvalue weighted by Crippen LogP contribution is -2.30. The Labute approximate surface area is 213 Å². The average molecular weight is 500 g/mol. The van der Waals surface area contributed by atoms with Gasteiger partial charge in [0.05, 0.1) is 4.91 Å². The number of hydrogen-bond acceptors (Lipinski definition) is 4. The van der Waals surface area contributed by atoms with E-state index in [1.165, 1.54) is 4.90 Å². The highest BCUT2D eigenvalue weighted by molar-refractivity contribution is 8.18. The second kappa shape index (κ2) is 10.4. The van der Waals surface area contributed by atoms with Crippen molar-refractivity contribution in [2.24, 2.45) is 0 Å². The van der Waals surface area contributed by atoms with Gasteiger partial charge in [0.15, 0.2) is 0 Å². The molecule has 0 atom stereocenters. The maximum atomic E-state index is 13.2. The third-order valence-corrected chi connectivity index (χ3v) is 7.01. The van der Waals surface area contributed by atoms with Crippen LogP contribution in [0.2, 0.25) is 5.02 Å². The molecule has 1 heterocycles. The zero-order chi connectivity index (χ0) is 24.2. The van der Waals surface area contributed by atoms with Gasteiger partial charge in [-0.05, 0) is 64.4 Å². The van der Waals surface area contributed by atoms with Crippen molar-refractivity contribution in [1.29, 1.82) is 0 Å². The number of halogens is 1. The van der Waals surface area contributed by atoms with E-state index in [4.69, 9.17) is 16.3 Å². The number of benzene rings is 4. The highest BCUT2D eigenvalue weighted by atomic mass is 35.5. The second-order valence-electron chi connectivity index (χ2n) is 8.18. The van der Waals surface area contributed by atoms with Crippen molar-refractivity contribution in [3.05, 3.63) is 118 Å². The minimum Gasteiger partial charge on any atom is -0.488 e. The van der Waals surface area contributed by atoms with E-state index in [1.807, 2.05) is 91.0 Å². The van der Waals surface area contributed by atoms with Gasteiger partial charge < -0.3 is 4.74 Å². The SMILES string of the molecule is O=C1S/C(=C/c2c(OCc3ccc(Cl)cc3)ccc3ccccc23)C(=O)N1CCc1ccccc1. The van der Waals surface area contributed by atoms with Crippen LogP contribution in [0.5, 0.6) is 5.75 Å². The molecule has 1 aliphatic heterocycles. The first kappa shape index (κ1) is 23.2. The Kier molecular flexibility index (Phi) is 6.89. The molecule has 0 bridgehead atoms. The Morgan fingerprint density at radius 3 is 2.37 bits per heavy atom. The van der Waals surface area contributed by atoms with E-state index < -0.39 is 0 Å². The topological polar surface area (TPSA) is 46.6 Å². The lowest BCUT2D eigenvalue weighted by Gasteiger charge is -2.13. The summed E-state index contributed by atoms with van der Waals surface area (Å²) in [6.07, 6.45) is 2.41. The van der Waals surface area contributed by atoms with Crippen LogP contribution >= 0.6 is 23.4 Å². The molecule has 35 heavy (non-hydrogen) atoms. The maximum absolute atomic E-state index is 13.2. The fraction of sp³-hybridized carbons (Fsp3) is 0.103. The third kappa shape index (κ3) is 5.26. The molecule has 0 radical (unpaired) electrons. The van der Waals surface area contributed by atoms with Gasteiger partial charge in [0.1, 0.15) is 12.4 Å². The van der Waals surface area contributed by atoms with Crippen LogP contribution in [0, 0.1) is 0 Å². The summed E-state index contributed by atoms with van der Waals surface area (Å²) < 4.78 is 6.17. The van der Waals surface area contributed by atoms with Crippen LogP contribution in [0.15, 0.2) is 95.9 Å². The Hall–Kier alpha value is -3.54. The molecule has 1 saturated heterocycles. The van der Waals surface area contributed by atoms with E-state index in [0.717, 1.165) is 39.2 Å². The quantitative estimate of drug-likeness (QED) is 0.249. The average Bonchev–Trinajstić information content (AvgIpc) is 3.15. The Morgan fingerprint density at radius 2 is 1.57 bits per heavy atom. The van der Waals surface area contributed by atoms with Gasteiger partial charge in [-0.3, -0.25) is 14.5 Å². The van der Waals surface area contributed by atoms with E-state index in [0.29, 0.717) is 35.2 Å². The molecule has 0 spiro atoms. The smallest absolute Gasteiger partial charge is 0.293 e. The zero-order valence-electron chi connectivity index (χ0n) is 18.8. The van der Waals surface area contributed by atoms with Crippen molar-refractivity contribution in [2.75, 3.05) is 6.54 Å². The maximum Gasteiger partial charge on any atom is 0.293 e. The van der Waals surface area contributed by atoms with Crippen molar-refractivity contribution < 1.29 is 14.3 Å². The first-order valence-electron chi connectivity index (χ1n) is 11.3. The third-order valence-electron chi connectivity index (χ3n) is 5.85. The summed E-state index contributed by atoms with van der Waals surface area (Å²) >= 11 is 6.97. The fourth-order valence-corrected chi connectivity index (χ4v) is 4.97. The number of hydrogen-bond donors (Lipinski definition) is 0. The molecular weight excluding hydrogens is 478 g/mol. The molecule has 4 nitrogen and oxygen atoms in total. The van der Waals surface area contributed by atoms with Gasteiger partial charge >= 0.3 is 0 Å². The largest absolute Gasteiger partial charge is 0.488 e. The molecule has 1 aliphatic rings. The van der Waals surface area contributed by atoms with Gasteiger partial charge in [-0.15, -0.1) is 0 Å². The molecule has 2 amide bonds. The first-order chi connectivity index (χ1) is 17.1. The highest BCUT2D eigenvalue weighted by Crippen LogP contribution is 2.37. The predicted octanol–water partition coefficient (Wildman–Crippen LogP) is 7.35. The summed E-state index contributed by atoms with van der Waals surface area (Å²) in [6.45, 7) is 0.705. The number of amides is 2. The van der Waals surface area contributed by atoms with Crippen molar-refractivity contribution in [3.8, 4) is 5.75 Å².